The average molecular weight is 259 g/mol. The van der Waals surface area contributed by atoms with Gasteiger partial charge in [-0.1, -0.05) is 0 Å². The van der Waals surface area contributed by atoms with Gasteiger partial charge in [-0.3, -0.25) is 4.98 Å². The molecule has 6 heteroatoms. The molecule has 1 saturated heterocycles. The summed E-state index contributed by atoms with van der Waals surface area (Å²) in [5.74, 6) is 0. The van der Waals surface area contributed by atoms with Gasteiger partial charge in [0.1, 0.15) is 5.69 Å². The number of alkyl halides is 3. The molecule has 3 nitrogen and oxygen atoms in total. The highest BCUT2D eigenvalue weighted by molar-refractivity contribution is 5.48. The Morgan fingerprint density at radius 3 is 2.72 bits per heavy atom. The van der Waals surface area contributed by atoms with E-state index in [-0.39, 0.29) is 5.54 Å². The summed E-state index contributed by atoms with van der Waals surface area (Å²) in [7, 11) is 0. The number of nitrogens with zero attached hydrogens (tertiary/aromatic N) is 2. The SMILES string of the molecule is CC1(C)CN(c2ccnc(C(F)(F)F)c2)CCN1. The minimum Gasteiger partial charge on any atom is -0.368 e. The molecule has 0 atom stereocenters. The average Bonchev–Trinajstić information content (AvgIpc) is 2.27. The van der Waals surface area contributed by atoms with E-state index in [0.717, 1.165) is 12.6 Å². The Kier molecular flexibility index (Phi) is 3.23. The van der Waals surface area contributed by atoms with E-state index in [0.29, 0.717) is 18.8 Å². The quantitative estimate of drug-likeness (QED) is 0.838. The zero-order chi connectivity index (χ0) is 13.4. The maximum atomic E-state index is 12.6. The van der Waals surface area contributed by atoms with Crippen LogP contribution in [0.25, 0.3) is 0 Å². The predicted octanol–water partition coefficient (Wildman–Crippen LogP) is 2.29. The largest absolute Gasteiger partial charge is 0.433 e. The standard InChI is InChI=1S/C12H16F3N3/c1-11(2)8-18(6-5-17-11)9-3-4-16-10(7-9)12(13,14)15/h3-4,7,17H,5-6,8H2,1-2H3. The minimum absolute atomic E-state index is 0.0973. The highest BCUT2D eigenvalue weighted by Crippen LogP contribution is 2.30. The summed E-state index contributed by atoms with van der Waals surface area (Å²) in [5, 5.41) is 3.32. The molecule has 1 aromatic rings. The first-order chi connectivity index (χ1) is 8.28. The van der Waals surface area contributed by atoms with Crippen molar-refractivity contribution in [3.05, 3.63) is 24.0 Å². The van der Waals surface area contributed by atoms with Gasteiger partial charge in [-0.2, -0.15) is 13.2 Å². The number of piperazine rings is 1. The van der Waals surface area contributed by atoms with Crippen LogP contribution in [0.1, 0.15) is 19.5 Å². The Morgan fingerprint density at radius 2 is 2.11 bits per heavy atom. The predicted molar refractivity (Wildman–Crippen MR) is 63.5 cm³/mol. The Morgan fingerprint density at radius 1 is 1.39 bits per heavy atom. The number of anilines is 1. The third-order valence-electron chi connectivity index (χ3n) is 2.97. The lowest BCUT2D eigenvalue weighted by atomic mass is 10.0. The summed E-state index contributed by atoms with van der Waals surface area (Å²) >= 11 is 0. The second kappa shape index (κ2) is 4.42. The second-order valence-corrected chi connectivity index (χ2v) is 5.13. The van der Waals surface area contributed by atoms with E-state index in [4.69, 9.17) is 0 Å². The van der Waals surface area contributed by atoms with Crippen LogP contribution in [-0.2, 0) is 6.18 Å². The molecular weight excluding hydrogens is 243 g/mol. The Bertz CT molecular complexity index is 429. The first-order valence-electron chi connectivity index (χ1n) is 5.81. The first kappa shape index (κ1) is 13.1. The van der Waals surface area contributed by atoms with Crippen LogP contribution < -0.4 is 10.2 Å². The molecular formula is C12H16F3N3. The molecule has 0 radical (unpaired) electrons. The van der Waals surface area contributed by atoms with Crippen LogP contribution in [0.3, 0.4) is 0 Å². The molecule has 18 heavy (non-hydrogen) atoms. The van der Waals surface area contributed by atoms with Gasteiger partial charge in [0.2, 0.25) is 0 Å². The fourth-order valence-corrected chi connectivity index (χ4v) is 2.13. The zero-order valence-corrected chi connectivity index (χ0v) is 10.4. The maximum absolute atomic E-state index is 12.6. The van der Waals surface area contributed by atoms with E-state index < -0.39 is 11.9 Å². The normalized spacial score (nSPS) is 19.9. The molecule has 1 aliphatic heterocycles. The number of hydrogen-bond donors (Lipinski definition) is 1. The molecule has 0 aromatic carbocycles. The van der Waals surface area contributed by atoms with Crippen molar-refractivity contribution in [3.8, 4) is 0 Å². The van der Waals surface area contributed by atoms with Gasteiger partial charge in [0, 0.05) is 37.1 Å². The van der Waals surface area contributed by atoms with E-state index in [1.54, 1.807) is 6.07 Å². The zero-order valence-electron chi connectivity index (χ0n) is 10.4. The summed E-state index contributed by atoms with van der Waals surface area (Å²) in [6, 6.07) is 2.73. The molecule has 0 bridgehead atoms. The summed E-state index contributed by atoms with van der Waals surface area (Å²) in [6.45, 7) is 6.20. The second-order valence-electron chi connectivity index (χ2n) is 5.13. The Hall–Kier alpha value is -1.30. The molecule has 2 heterocycles. The van der Waals surface area contributed by atoms with Gasteiger partial charge in [-0.05, 0) is 26.0 Å². The van der Waals surface area contributed by atoms with Crippen molar-refractivity contribution in [1.82, 2.24) is 10.3 Å². The highest BCUT2D eigenvalue weighted by Gasteiger charge is 2.33. The fourth-order valence-electron chi connectivity index (χ4n) is 2.13. The van der Waals surface area contributed by atoms with Crippen LogP contribution in [-0.4, -0.2) is 30.2 Å². The van der Waals surface area contributed by atoms with Crippen molar-refractivity contribution < 1.29 is 13.2 Å². The van der Waals surface area contributed by atoms with Crippen LogP contribution in [0.4, 0.5) is 18.9 Å². The highest BCUT2D eigenvalue weighted by atomic mass is 19.4. The maximum Gasteiger partial charge on any atom is 0.433 e. The molecule has 1 aromatic heterocycles. The number of halogens is 3. The van der Waals surface area contributed by atoms with E-state index in [1.807, 2.05) is 18.7 Å². The molecule has 1 aliphatic rings. The Balaban J connectivity index is 2.23. The topological polar surface area (TPSA) is 28.2 Å². The Labute approximate surface area is 104 Å². The van der Waals surface area contributed by atoms with Gasteiger partial charge in [-0.15, -0.1) is 0 Å². The minimum atomic E-state index is -4.39. The van der Waals surface area contributed by atoms with E-state index >= 15 is 0 Å². The van der Waals surface area contributed by atoms with Gasteiger partial charge in [0.15, 0.2) is 0 Å². The number of aromatic nitrogens is 1. The van der Waals surface area contributed by atoms with Crippen LogP contribution in [0.15, 0.2) is 18.3 Å². The molecule has 1 fully saturated rings. The molecule has 100 valence electrons. The van der Waals surface area contributed by atoms with Crippen LogP contribution in [0.5, 0.6) is 0 Å². The van der Waals surface area contributed by atoms with Gasteiger partial charge in [0.25, 0.3) is 0 Å². The van der Waals surface area contributed by atoms with Gasteiger partial charge < -0.3 is 10.2 Å². The van der Waals surface area contributed by atoms with Crippen molar-refractivity contribution in [1.29, 1.82) is 0 Å². The molecule has 0 spiro atoms. The van der Waals surface area contributed by atoms with E-state index in [2.05, 4.69) is 10.3 Å². The van der Waals surface area contributed by atoms with Crippen molar-refractivity contribution in [3.63, 3.8) is 0 Å². The third kappa shape index (κ3) is 2.93. The summed E-state index contributed by atoms with van der Waals surface area (Å²) < 4.78 is 37.8. The molecule has 1 N–H and O–H groups in total. The van der Waals surface area contributed by atoms with Crippen molar-refractivity contribution >= 4 is 5.69 Å². The van der Waals surface area contributed by atoms with E-state index in [1.165, 1.54) is 6.20 Å². The molecule has 0 saturated carbocycles. The van der Waals surface area contributed by atoms with Gasteiger partial charge >= 0.3 is 6.18 Å². The first-order valence-corrected chi connectivity index (χ1v) is 5.81. The lowest BCUT2D eigenvalue weighted by Crippen LogP contribution is -2.57. The number of nitrogens with one attached hydrogen (secondary N) is 1. The van der Waals surface area contributed by atoms with Crippen LogP contribution >= 0.6 is 0 Å². The van der Waals surface area contributed by atoms with E-state index in [9.17, 15) is 13.2 Å². The van der Waals surface area contributed by atoms with Crippen LogP contribution in [0, 0.1) is 0 Å². The number of rotatable bonds is 1. The number of pyridine rings is 1. The smallest absolute Gasteiger partial charge is 0.368 e. The third-order valence-corrected chi connectivity index (χ3v) is 2.97. The summed E-state index contributed by atoms with van der Waals surface area (Å²) in [6.07, 6.45) is -3.17. The van der Waals surface area contributed by atoms with Gasteiger partial charge in [-0.25, -0.2) is 0 Å². The van der Waals surface area contributed by atoms with Gasteiger partial charge in [0.05, 0.1) is 0 Å². The van der Waals surface area contributed by atoms with Crippen molar-refractivity contribution in [2.24, 2.45) is 0 Å². The fraction of sp³-hybridized carbons (Fsp3) is 0.583. The van der Waals surface area contributed by atoms with Crippen molar-refractivity contribution in [2.75, 3.05) is 24.5 Å². The lowest BCUT2D eigenvalue weighted by Gasteiger charge is -2.40. The summed E-state index contributed by atoms with van der Waals surface area (Å²) in [5.41, 5.74) is -0.358. The molecule has 0 amide bonds. The van der Waals surface area contributed by atoms with Crippen molar-refractivity contribution in [2.45, 2.75) is 25.6 Å². The van der Waals surface area contributed by atoms with Crippen LogP contribution in [0.2, 0.25) is 0 Å². The molecule has 0 aliphatic carbocycles. The summed E-state index contributed by atoms with van der Waals surface area (Å²) in [4.78, 5) is 5.33. The molecule has 0 unspecified atom stereocenters. The molecule has 2 rings (SSSR count). The number of hydrogen-bond acceptors (Lipinski definition) is 3. The monoisotopic (exact) mass is 259 g/mol. The lowest BCUT2D eigenvalue weighted by molar-refractivity contribution is -0.141.